The van der Waals surface area contributed by atoms with Gasteiger partial charge in [0.2, 0.25) is 0 Å². The van der Waals surface area contributed by atoms with E-state index < -0.39 is 0 Å². The Kier molecular flexibility index (Phi) is 3.63. The average molecular weight is 274 g/mol. The van der Waals surface area contributed by atoms with Gasteiger partial charge in [-0.05, 0) is 53.4 Å². The molecule has 0 radical (unpaired) electrons. The lowest BCUT2D eigenvalue weighted by atomic mass is 9.79. The lowest BCUT2D eigenvalue weighted by Crippen LogP contribution is -2.31. The third-order valence-electron chi connectivity index (χ3n) is 2.95. The Morgan fingerprint density at radius 2 is 2.36 bits per heavy atom. The van der Waals surface area contributed by atoms with Crippen molar-refractivity contribution in [2.75, 3.05) is 6.54 Å². The second-order valence-corrected chi connectivity index (χ2v) is 6.36. The largest absolute Gasteiger partial charge is 0.309 e. The van der Waals surface area contributed by atoms with E-state index in [1.54, 1.807) is 0 Å². The van der Waals surface area contributed by atoms with E-state index in [2.05, 4.69) is 40.3 Å². The van der Waals surface area contributed by atoms with Crippen LogP contribution >= 0.6 is 27.3 Å². The summed E-state index contributed by atoms with van der Waals surface area (Å²) in [6.07, 6.45) is 4.21. The first kappa shape index (κ1) is 10.7. The minimum absolute atomic E-state index is 0.602. The summed E-state index contributed by atoms with van der Waals surface area (Å²) in [7, 11) is 0. The van der Waals surface area contributed by atoms with Gasteiger partial charge in [0.15, 0.2) is 0 Å². The van der Waals surface area contributed by atoms with E-state index >= 15 is 0 Å². The zero-order valence-electron chi connectivity index (χ0n) is 8.42. The monoisotopic (exact) mass is 273 g/mol. The Bertz CT molecular complexity index is 293. The molecule has 2 rings (SSSR count). The van der Waals surface area contributed by atoms with Crippen molar-refractivity contribution in [2.24, 2.45) is 5.92 Å². The molecule has 1 saturated carbocycles. The fourth-order valence-electron chi connectivity index (χ4n) is 1.99. The Labute approximate surface area is 98.0 Å². The minimum Gasteiger partial charge on any atom is -0.309 e. The van der Waals surface area contributed by atoms with Gasteiger partial charge < -0.3 is 5.32 Å². The van der Waals surface area contributed by atoms with Gasteiger partial charge in [0.05, 0.1) is 3.79 Å². The lowest BCUT2D eigenvalue weighted by Gasteiger charge is -2.33. The van der Waals surface area contributed by atoms with Gasteiger partial charge in [0, 0.05) is 10.9 Å². The highest BCUT2D eigenvalue weighted by Gasteiger charge is 2.28. The highest BCUT2D eigenvalue weighted by Crippen LogP contribution is 2.40. The topological polar surface area (TPSA) is 12.0 Å². The second kappa shape index (κ2) is 4.77. The van der Waals surface area contributed by atoms with E-state index in [1.807, 2.05) is 11.3 Å². The molecule has 1 atom stereocenters. The van der Waals surface area contributed by atoms with Gasteiger partial charge in [0.25, 0.3) is 0 Å². The van der Waals surface area contributed by atoms with Gasteiger partial charge in [-0.2, -0.15) is 0 Å². The molecular weight excluding hydrogens is 258 g/mol. The third kappa shape index (κ3) is 2.20. The Balaban J connectivity index is 2.09. The van der Waals surface area contributed by atoms with E-state index in [9.17, 15) is 0 Å². The van der Waals surface area contributed by atoms with Gasteiger partial charge >= 0.3 is 0 Å². The summed E-state index contributed by atoms with van der Waals surface area (Å²) in [5.74, 6) is 0.875. The highest BCUT2D eigenvalue weighted by molar-refractivity contribution is 9.11. The van der Waals surface area contributed by atoms with E-state index in [4.69, 9.17) is 0 Å². The molecule has 0 amide bonds. The molecule has 1 aliphatic rings. The fraction of sp³-hybridized carbons (Fsp3) is 0.636. The number of rotatable bonds is 4. The maximum Gasteiger partial charge on any atom is 0.0701 e. The molecule has 3 heteroatoms. The van der Waals surface area contributed by atoms with Gasteiger partial charge in [-0.25, -0.2) is 0 Å². The first-order valence-corrected chi connectivity index (χ1v) is 6.91. The predicted molar refractivity (Wildman–Crippen MR) is 65.8 cm³/mol. The van der Waals surface area contributed by atoms with Crippen LogP contribution in [-0.2, 0) is 0 Å². The number of halogens is 1. The Morgan fingerprint density at radius 3 is 2.79 bits per heavy atom. The van der Waals surface area contributed by atoms with Crippen LogP contribution in [0.3, 0.4) is 0 Å². The third-order valence-corrected chi connectivity index (χ3v) is 4.65. The summed E-state index contributed by atoms with van der Waals surface area (Å²) >= 11 is 5.40. The van der Waals surface area contributed by atoms with Crippen molar-refractivity contribution in [2.45, 2.75) is 32.2 Å². The molecule has 0 aromatic carbocycles. The number of thiophene rings is 1. The SMILES string of the molecule is CCNC(c1ccc(Br)s1)C1CCC1. The van der Waals surface area contributed by atoms with Crippen LogP contribution in [0.2, 0.25) is 0 Å². The molecule has 1 N–H and O–H groups in total. The lowest BCUT2D eigenvalue weighted by molar-refractivity contribution is 0.236. The molecule has 1 fully saturated rings. The van der Waals surface area contributed by atoms with Crippen molar-refractivity contribution in [1.29, 1.82) is 0 Å². The van der Waals surface area contributed by atoms with Crippen LogP contribution in [0.15, 0.2) is 15.9 Å². The molecule has 78 valence electrons. The standard InChI is InChI=1S/C11H16BrNS/c1-2-13-11(8-4-3-5-8)9-6-7-10(12)14-9/h6-8,11,13H,2-5H2,1H3. The molecule has 1 unspecified atom stereocenters. The molecule has 1 aromatic heterocycles. The maximum atomic E-state index is 3.60. The second-order valence-electron chi connectivity index (χ2n) is 3.87. The maximum absolute atomic E-state index is 3.60. The average Bonchev–Trinajstić information content (AvgIpc) is 2.48. The van der Waals surface area contributed by atoms with Crippen LogP contribution in [-0.4, -0.2) is 6.54 Å². The molecule has 0 aliphatic heterocycles. The molecule has 14 heavy (non-hydrogen) atoms. The fourth-order valence-corrected chi connectivity index (χ4v) is 3.58. The van der Waals surface area contributed by atoms with E-state index in [1.165, 1.54) is 27.9 Å². The van der Waals surface area contributed by atoms with Crippen molar-refractivity contribution < 1.29 is 0 Å². The van der Waals surface area contributed by atoms with E-state index in [0.717, 1.165) is 12.5 Å². The molecule has 0 saturated heterocycles. The number of hydrogen-bond donors (Lipinski definition) is 1. The molecule has 1 heterocycles. The minimum atomic E-state index is 0.602. The predicted octanol–water partition coefficient (Wildman–Crippen LogP) is 3.96. The van der Waals surface area contributed by atoms with Crippen molar-refractivity contribution in [1.82, 2.24) is 5.32 Å². The van der Waals surface area contributed by atoms with Gasteiger partial charge in [-0.1, -0.05) is 13.3 Å². The zero-order chi connectivity index (χ0) is 9.97. The quantitative estimate of drug-likeness (QED) is 0.876. The first-order chi connectivity index (χ1) is 6.81. The molecule has 0 spiro atoms. The van der Waals surface area contributed by atoms with E-state index in [0.29, 0.717) is 6.04 Å². The van der Waals surface area contributed by atoms with Crippen molar-refractivity contribution in [3.8, 4) is 0 Å². The summed E-state index contributed by atoms with van der Waals surface area (Å²) in [5, 5.41) is 3.60. The van der Waals surface area contributed by atoms with Crippen molar-refractivity contribution in [3.05, 3.63) is 20.8 Å². The zero-order valence-corrected chi connectivity index (χ0v) is 10.8. The molecule has 1 nitrogen and oxygen atoms in total. The van der Waals surface area contributed by atoms with Crippen LogP contribution < -0.4 is 5.32 Å². The summed E-state index contributed by atoms with van der Waals surface area (Å²) in [6, 6.07) is 5.01. The molecule has 1 aromatic rings. The molecular formula is C11H16BrNS. The number of hydrogen-bond acceptors (Lipinski definition) is 2. The summed E-state index contributed by atoms with van der Waals surface area (Å²) in [5.41, 5.74) is 0. The van der Waals surface area contributed by atoms with E-state index in [-0.39, 0.29) is 0 Å². The number of nitrogens with one attached hydrogen (secondary N) is 1. The summed E-state index contributed by atoms with van der Waals surface area (Å²) in [6.45, 7) is 3.25. The van der Waals surface area contributed by atoms with Crippen LogP contribution in [0.5, 0.6) is 0 Å². The Morgan fingerprint density at radius 1 is 1.57 bits per heavy atom. The summed E-state index contributed by atoms with van der Waals surface area (Å²) in [4.78, 5) is 1.49. The Hall–Kier alpha value is 0.140. The van der Waals surface area contributed by atoms with Crippen LogP contribution in [0.25, 0.3) is 0 Å². The normalized spacial score (nSPS) is 19.3. The van der Waals surface area contributed by atoms with Crippen LogP contribution in [0, 0.1) is 5.92 Å². The molecule has 1 aliphatic carbocycles. The summed E-state index contributed by atoms with van der Waals surface area (Å²) < 4.78 is 1.25. The van der Waals surface area contributed by atoms with Crippen molar-refractivity contribution >= 4 is 27.3 Å². The first-order valence-electron chi connectivity index (χ1n) is 5.30. The van der Waals surface area contributed by atoms with Gasteiger partial charge in [0.1, 0.15) is 0 Å². The molecule has 0 bridgehead atoms. The van der Waals surface area contributed by atoms with Crippen molar-refractivity contribution in [3.63, 3.8) is 0 Å². The van der Waals surface area contributed by atoms with Crippen LogP contribution in [0.4, 0.5) is 0 Å². The highest BCUT2D eigenvalue weighted by atomic mass is 79.9. The van der Waals surface area contributed by atoms with Gasteiger partial charge in [-0.15, -0.1) is 11.3 Å². The van der Waals surface area contributed by atoms with Gasteiger partial charge in [-0.3, -0.25) is 0 Å². The van der Waals surface area contributed by atoms with Crippen LogP contribution in [0.1, 0.15) is 37.1 Å². The smallest absolute Gasteiger partial charge is 0.0701 e.